The van der Waals surface area contributed by atoms with Crippen molar-refractivity contribution in [2.75, 3.05) is 39.3 Å². The summed E-state index contributed by atoms with van der Waals surface area (Å²) in [5.41, 5.74) is 1.58. The normalized spacial score (nSPS) is 16.8. The number of nitrogens with zero attached hydrogens (tertiary/aromatic N) is 3. The summed E-state index contributed by atoms with van der Waals surface area (Å²) in [6.45, 7) is 3.91. The van der Waals surface area contributed by atoms with E-state index in [1.807, 2.05) is 23.1 Å². The average molecular weight is 274 g/mol. The lowest BCUT2D eigenvalue weighted by molar-refractivity contribution is 0.0615. The van der Waals surface area contributed by atoms with Crippen LogP contribution in [0.1, 0.15) is 10.4 Å². The monoisotopic (exact) mass is 274 g/mol. The van der Waals surface area contributed by atoms with E-state index in [4.69, 9.17) is 5.11 Å². The van der Waals surface area contributed by atoms with E-state index in [0.717, 1.165) is 24.0 Å². The molecular weight excluding hydrogens is 256 g/mol. The number of hydrogen-bond acceptors (Lipinski definition) is 4. The molecule has 1 aromatic heterocycles. The predicted octanol–water partition coefficient (Wildman–Crippen LogP) is 0.313. The highest BCUT2D eigenvalue weighted by molar-refractivity contribution is 5.97. The zero-order valence-electron chi connectivity index (χ0n) is 11.2. The van der Waals surface area contributed by atoms with Crippen LogP contribution in [0.4, 0.5) is 0 Å². The lowest BCUT2D eigenvalue weighted by Gasteiger charge is -2.34. The maximum Gasteiger partial charge on any atom is 0.254 e. The van der Waals surface area contributed by atoms with Gasteiger partial charge in [0.05, 0.1) is 18.3 Å². The molecule has 2 heterocycles. The number of amides is 1. The number of carbonyl (C=O) groups is 1. The molecule has 6 heteroatoms. The van der Waals surface area contributed by atoms with Gasteiger partial charge in [0.25, 0.3) is 5.91 Å². The zero-order valence-corrected chi connectivity index (χ0v) is 11.2. The number of nitrogens with one attached hydrogen (secondary N) is 1. The third kappa shape index (κ3) is 2.52. The van der Waals surface area contributed by atoms with Crippen LogP contribution in [0.2, 0.25) is 0 Å². The number of aliphatic hydroxyl groups excluding tert-OH is 1. The van der Waals surface area contributed by atoms with Crippen LogP contribution in [-0.4, -0.2) is 70.3 Å². The van der Waals surface area contributed by atoms with Crippen molar-refractivity contribution in [1.82, 2.24) is 20.0 Å². The highest BCUT2D eigenvalue weighted by Crippen LogP contribution is 2.15. The lowest BCUT2D eigenvalue weighted by Crippen LogP contribution is -2.49. The number of β-amino-alcohol motifs (C(OH)–C–C–N with tert-alkyl or cyclic N) is 1. The first-order valence-electron chi connectivity index (χ1n) is 6.83. The molecule has 1 saturated heterocycles. The van der Waals surface area contributed by atoms with E-state index in [1.165, 1.54) is 0 Å². The smallest absolute Gasteiger partial charge is 0.254 e. The number of carbonyl (C=O) groups excluding carboxylic acids is 1. The average Bonchev–Trinajstić information content (AvgIpc) is 2.95. The van der Waals surface area contributed by atoms with Crippen molar-refractivity contribution in [3.05, 3.63) is 30.0 Å². The minimum absolute atomic E-state index is 0.0603. The molecule has 1 amide bonds. The number of aromatic amines is 1. The Labute approximate surface area is 117 Å². The molecule has 20 heavy (non-hydrogen) atoms. The van der Waals surface area contributed by atoms with Gasteiger partial charge in [0.15, 0.2) is 0 Å². The van der Waals surface area contributed by atoms with Crippen LogP contribution < -0.4 is 0 Å². The summed E-state index contributed by atoms with van der Waals surface area (Å²) in [6.07, 6.45) is 1.75. The summed E-state index contributed by atoms with van der Waals surface area (Å²) in [7, 11) is 0. The van der Waals surface area contributed by atoms with Crippen LogP contribution >= 0.6 is 0 Å². The van der Waals surface area contributed by atoms with Gasteiger partial charge < -0.3 is 10.0 Å². The number of rotatable bonds is 3. The van der Waals surface area contributed by atoms with Gasteiger partial charge in [-0.15, -0.1) is 0 Å². The van der Waals surface area contributed by atoms with Crippen LogP contribution in [-0.2, 0) is 0 Å². The van der Waals surface area contributed by atoms with E-state index < -0.39 is 0 Å². The molecule has 1 fully saturated rings. The standard InChI is InChI=1S/C14H18N4O2/c19-8-7-17-3-5-18(6-4-17)14(20)11-1-2-12-10-15-16-13(12)9-11/h1-2,9-10,19H,3-8H2,(H,15,16). The largest absolute Gasteiger partial charge is 0.395 e. The highest BCUT2D eigenvalue weighted by atomic mass is 16.3. The fourth-order valence-electron chi connectivity index (χ4n) is 2.57. The highest BCUT2D eigenvalue weighted by Gasteiger charge is 2.21. The summed E-state index contributed by atoms with van der Waals surface area (Å²) in [4.78, 5) is 16.5. The van der Waals surface area contributed by atoms with Gasteiger partial charge in [0.2, 0.25) is 0 Å². The first kappa shape index (κ1) is 13.1. The van der Waals surface area contributed by atoms with Crippen molar-refractivity contribution in [1.29, 1.82) is 0 Å². The van der Waals surface area contributed by atoms with Crippen LogP contribution in [0.15, 0.2) is 24.4 Å². The second-order valence-electron chi connectivity index (χ2n) is 5.03. The van der Waals surface area contributed by atoms with E-state index in [1.54, 1.807) is 6.20 Å². The minimum atomic E-state index is 0.0603. The van der Waals surface area contributed by atoms with Crippen molar-refractivity contribution in [2.24, 2.45) is 0 Å². The Morgan fingerprint density at radius 2 is 2.10 bits per heavy atom. The van der Waals surface area contributed by atoms with E-state index in [0.29, 0.717) is 25.2 Å². The Hall–Kier alpha value is -1.92. The summed E-state index contributed by atoms with van der Waals surface area (Å²) in [6, 6.07) is 5.61. The summed E-state index contributed by atoms with van der Waals surface area (Å²) in [5.74, 6) is 0.0603. The maximum absolute atomic E-state index is 12.5. The molecule has 0 saturated carbocycles. The molecule has 1 aliphatic heterocycles. The van der Waals surface area contributed by atoms with E-state index >= 15 is 0 Å². The number of H-pyrrole nitrogens is 1. The van der Waals surface area contributed by atoms with Gasteiger partial charge in [-0.25, -0.2) is 0 Å². The Balaban J connectivity index is 1.69. The van der Waals surface area contributed by atoms with Gasteiger partial charge >= 0.3 is 0 Å². The van der Waals surface area contributed by atoms with Crippen molar-refractivity contribution in [2.45, 2.75) is 0 Å². The van der Waals surface area contributed by atoms with Crippen molar-refractivity contribution in [3.63, 3.8) is 0 Å². The molecule has 0 aliphatic carbocycles. The third-order valence-electron chi connectivity index (χ3n) is 3.76. The van der Waals surface area contributed by atoms with Gasteiger partial charge in [0, 0.05) is 43.7 Å². The quantitative estimate of drug-likeness (QED) is 0.845. The number of fused-ring (bicyclic) bond motifs is 1. The molecule has 0 spiro atoms. The number of aromatic nitrogens is 2. The molecule has 0 bridgehead atoms. The lowest BCUT2D eigenvalue weighted by atomic mass is 10.1. The molecule has 3 rings (SSSR count). The molecule has 6 nitrogen and oxygen atoms in total. The van der Waals surface area contributed by atoms with Gasteiger partial charge in [-0.1, -0.05) is 6.07 Å². The van der Waals surface area contributed by atoms with Gasteiger partial charge in [0.1, 0.15) is 0 Å². The Bertz CT molecular complexity index is 602. The molecule has 0 unspecified atom stereocenters. The second-order valence-corrected chi connectivity index (χ2v) is 5.03. The summed E-state index contributed by atoms with van der Waals surface area (Å²) < 4.78 is 0. The molecular formula is C14H18N4O2. The van der Waals surface area contributed by atoms with E-state index in [-0.39, 0.29) is 12.5 Å². The molecule has 2 aromatic rings. The zero-order chi connectivity index (χ0) is 13.9. The van der Waals surface area contributed by atoms with Crippen LogP contribution in [0, 0.1) is 0 Å². The number of aliphatic hydroxyl groups is 1. The van der Waals surface area contributed by atoms with Crippen molar-refractivity contribution >= 4 is 16.8 Å². The number of hydrogen-bond donors (Lipinski definition) is 2. The molecule has 0 radical (unpaired) electrons. The van der Waals surface area contributed by atoms with Gasteiger partial charge in [-0.2, -0.15) is 5.10 Å². The fourth-order valence-corrected chi connectivity index (χ4v) is 2.57. The predicted molar refractivity (Wildman–Crippen MR) is 75.5 cm³/mol. The maximum atomic E-state index is 12.5. The summed E-state index contributed by atoms with van der Waals surface area (Å²) in [5, 5.41) is 16.8. The Kier molecular flexibility index (Phi) is 3.66. The first-order chi connectivity index (χ1) is 9.78. The molecule has 2 N–H and O–H groups in total. The minimum Gasteiger partial charge on any atom is -0.395 e. The molecule has 106 valence electrons. The van der Waals surface area contributed by atoms with Gasteiger partial charge in [-0.05, 0) is 12.1 Å². The number of piperazine rings is 1. The molecule has 0 atom stereocenters. The number of benzene rings is 1. The SMILES string of the molecule is O=C(c1ccc2cn[nH]c2c1)N1CCN(CCO)CC1. The third-order valence-corrected chi connectivity index (χ3v) is 3.76. The summed E-state index contributed by atoms with van der Waals surface area (Å²) >= 11 is 0. The van der Waals surface area contributed by atoms with Gasteiger partial charge in [-0.3, -0.25) is 14.8 Å². The van der Waals surface area contributed by atoms with E-state index in [9.17, 15) is 4.79 Å². The van der Waals surface area contributed by atoms with Crippen LogP contribution in [0.25, 0.3) is 10.9 Å². The van der Waals surface area contributed by atoms with Crippen molar-refractivity contribution in [3.8, 4) is 0 Å². The first-order valence-corrected chi connectivity index (χ1v) is 6.83. The Morgan fingerprint density at radius 3 is 2.85 bits per heavy atom. The van der Waals surface area contributed by atoms with Crippen LogP contribution in [0.3, 0.4) is 0 Å². The van der Waals surface area contributed by atoms with Crippen molar-refractivity contribution < 1.29 is 9.90 Å². The molecule has 1 aliphatic rings. The topological polar surface area (TPSA) is 72.5 Å². The fraction of sp³-hybridized carbons (Fsp3) is 0.429. The van der Waals surface area contributed by atoms with E-state index in [2.05, 4.69) is 15.1 Å². The van der Waals surface area contributed by atoms with Crippen LogP contribution in [0.5, 0.6) is 0 Å². The Morgan fingerprint density at radius 1 is 1.30 bits per heavy atom. The second kappa shape index (κ2) is 5.60. The molecule has 1 aromatic carbocycles.